The third-order valence-corrected chi connectivity index (χ3v) is 6.78. The fraction of sp³-hybridized carbons (Fsp3) is 0.278. The molecule has 11 nitrogen and oxygen atoms in total. The first kappa shape index (κ1) is 18.6. The average Bonchev–Trinajstić information content (AvgIpc) is 3.44. The summed E-state index contributed by atoms with van der Waals surface area (Å²) in [5.74, 6) is 0.561. The Labute approximate surface area is 172 Å². The van der Waals surface area contributed by atoms with Crippen LogP contribution in [0, 0.1) is 6.92 Å². The summed E-state index contributed by atoms with van der Waals surface area (Å²) < 4.78 is 34.1. The number of oxazole rings is 1. The standard InChI is InChI=1S/C18H18N8O3S/c1-13-21-18(12-29-13)14-2-4-17(5-3-14)30(27,28)24-10-16(11-24)25-8-15(22-23-25)9-26-19-6-7-20-26/h2-8,12,16H,9-11H2,1H3. The van der Waals surface area contributed by atoms with Crippen LogP contribution in [-0.4, -0.2) is 60.8 Å². The molecule has 4 aromatic rings. The fourth-order valence-electron chi connectivity index (χ4n) is 3.26. The maximum atomic E-state index is 12.9. The van der Waals surface area contributed by atoms with Gasteiger partial charge < -0.3 is 4.42 Å². The Balaban J connectivity index is 1.24. The molecule has 1 aromatic carbocycles. The second-order valence-electron chi connectivity index (χ2n) is 7.00. The summed E-state index contributed by atoms with van der Waals surface area (Å²) in [5, 5.41) is 16.3. The maximum Gasteiger partial charge on any atom is 0.243 e. The van der Waals surface area contributed by atoms with E-state index in [4.69, 9.17) is 4.42 Å². The molecular formula is C18H18N8O3S. The zero-order valence-corrected chi connectivity index (χ0v) is 16.8. The fourth-order valence-corrected chi connectivity index (χ4v) is 4.77. The van der Waals surface area contributed by atoms with E-state index in [1.807, 2.05) is 0 Å². The predicted octanol–water partition coefficient (Wildman–Crippen LogP) is 1.13. The highest BCUT2D eigenvalue weighted by Crippen LogP contribution is 2.29. The summed E-state index contributed by atoms with van der Waals surface area (Å²) >= 11 is 0. The minimum atomic E-state index is -3.57. The van der Waals surface area contributed by atoms with Crippen molar-refractivity contribution in [1.82, 2.24) is 39.3 Å². The Morgan fingerprint density at radius 1 is 1.13 bits per heavy atom. The summed E-state index contributed by atoms with van der Waals surface area (Å²) in [4.78, 5) is 6.01. The number of benzene rings is 1. The van der Waals surface area contributed by atoms with Crippen molar-refractivity contribution >= 4 is 10.0 Å². The van der Waals surface area contributed by atoms with Gasteiger partial charge in [0.05, 0.1) is 29.5 Å². The second kappa shape index (κ2) is 7.15. The molecule has 0 unspecified atom stereocenters. The van der Waals surface area contributed by atoms with E-state index in [0.29, 0.717) is 36.9 Å². The van der Waals surface area contributed by atoms with Gasteiger partial charge in [-0.05, 0) is 12.1 Å². The van der Waals surface area contributed by atoms with Crippen molar-refractivity contribution in [3.8, 4) is 11.3 Å². The molecule has 0 amide bonds. The molecule has 4 heterocycles. The van der Waals surface area contributed by atoms with Crippen molar-refractivity contribution in [2.24, 2.45) is 0 Å². The van der Waals surface area contributed by atoms with Crippen molar-refractivity contribution in [2.45, 2.75) is 24.4 Å². The highest BCUT2D eigenvalue weighted by atomic mass is 32.2. The Bertz CT molecular complexity index is 1260. The lowest BCUT2D eigenvalue weighted by Gasteiger charge is -2.37. The van der Waals surface area contributed by atoms with Gasteiger partial charge in [0.15, 0.2) is 5.89 Å². The number of hydrogen-bond acceptors (Lipinski definition) is 8. The van der Waals surface area contributed by atoms with E-state index in [9.17, 15) is 8.42 Å². The van der Waals surface area contributed by atoms with E-state index in [-0.39, 0.29) is 10.9 Å². The van der Waals surface area contributed by atoms with E-state index in [2.05, 4.69) is 25.5 Å². The molecule has 3 aromatic heterocycles. The Hall–Kier alpha value is -3.38. The van der Waals surface area contributed by atoms with Crippen molar-refractivity contribution in [3.05, 3.63) is 60.7 Å². The highest BCUT2D eigenvalue weighted by Gasteiger charge is 2.38. The van der Waals surface area contributed by atoms with Gasteiger partial charge in [-0.25, -0.2) is 18.1 Å². The molecule has 0 spiro atoms. The molecule has 12 heteroatoms. The molecule has 5 rings (SSSR count). The van der Waals surface area contributed by atoms with E-state index >= 15 is 0 Å². The Morgan fingerprint density at radius 3 is 2.53 bits per heavy atom. The van der Waals surface area contributed by atoms with Crippen LogP contribution in [0.2, 0.25) is 0 Å². The van der Waals surface area contributed by atoms with Crippen LogP contribution in [0.3, 0.4) is 0 Å². The van der Waals surface area contributed by atoms with E-state index < -0.39 is 10.0 Å². The SMILES string of the molecule is Cc1nc(-c2ccc(S(=O)(=O)N3CC(n4cc(Cn5nccn5)nn4)C3)cc2)co1. The molecule has 0 saturated carbocycles. The van der Waals surface area contributed by atoms with Crippen LogP contribution >= 0.6 is 0 Å². The number of hydrogen-bond donors (Lipinski definition) is 0. The third kappa shape index (κ3) is 3.39. The second-order valence-corrected chi connectivity index (χ2v) is 8.94. The monoisotopic (exact) mass is 426 g/mol. The number of nitrogens with zero attached hydrogens (tertiary/aromatic N) is 8. The van der Waals surface area contributed by atoms with Crippen LogP contribution < -0.4 is 0 Å². The van der Waals surface area contributed by atoms with Gasteiger partial charge in [-0.1, -0.05) is 17.3 Å². The molecule has 154 valence electrons. The molecule has 0 N–H and O–H groups in total. The Kier molecular flexibility index (Phi) is 4.44. The summed E-state index contributed by atoms with van der Waals surface area (Å²) in [6.45, 7) is 2.86. The molecular weight excluding hydrogens is 408 g/mol. The minimum absolute atomic E-state index is 0.0519. The zero-order chi connectivity index (χ0) is 20.7. The van der Waals surface area contributed by atoms with Gasteiger partial charge in [0, 0.05) is 25.6 Å². The quantitative estimate of drug-likeness (QED) is 0.449. The smallest absolute Gasteiger partial charge is 0.243 e. The maximum absolute atomic E-state index is 12.9. The van der Waals surface area contributed by atoms with E-state index in [1.165, 1.54) is 9.10 Å². The number of aromatic nitrogens is 7. The molecule has 1 saturated heterocycles. The van der Waals surface area contributed by atoms with Crippen LogP contribution in [0.1, 0.15) is 17.6 Å². The summed E-state index contributed by atoms with van der Waals surface area (Å²) in [7, 11) is -3.57. The van der Waals surface area contributed by atoms with Crippen LogP contribution in [0.5, 0.6) is 0 Å². The molecule has 0 aliphatic carbocycles. The van der Waals surface area contributed by atoms with E-state index in [0.717, 1.165) is 5.56 Å². The number of rotatable bonds is 6. The van der Waals surface area contributed by atoms with Crippen molar-refractivity contribution < 1.29 is 12.8 Å². The van der Waals surface area contributed by atoms with Crippen LogP contribution in [-0.2, 0) is 16.6 Å². The lowest BCUT2D eigenvalue weighted by atomic mass is 10.2. The summed E-state index contributed by atoms with van der Waals surface area (Å²) in [6, 6.07) is 6.59. The lowest BCUT2D eigenvalue weighted by molar-refractivity contribution is 0.189. The highest BCUT2D eigenvalue weighted by molar-refractivity contribution is 7.89. The molecule has 0 radical (unpaired) electrons. The molecule has 0 atom stereocenters. The zero-order valence-electron chi connectivity index (χ0n) is 16.0. The first-order valence-corrected chi connectivity index (χ1v) is 10.7. The van der Waals surface area contributed by atoms with Gasteiger partial charge in [-0.2, -0.15) is 19.3 Å². The van der Waals surface area contributed by atoms with Gasteiger partial charge in [-0.3, -0.25) is 0 Å². The van der Waals surface area contributed by atoms with Gasteiger partial charge in [-0.15, -0.1) is 5.10 Å². The van der Waals surface area contributed by atoms with Gasteiger partial charge in [0.1, 0.15) is 24.2 Å². The summed E-state index contributed by atoms with van der Waals surface area (Å²) in [6.07, 6.45) is 6.54. The van der Waals surface area contributed by atoms with Crippen LogP contribution in [0.25, 0.3) is 11.3 Å². The molecule has 0 bridgehead atoms. The topological polar surface area (TPSA) is 125 Å². The van der Waals surface area contributed by atoms with E-state index in [1.54, 1.807) is 60.7 Å². The first-order valence-electron chi connectivity index (χ1n) is 9.26. The van der Waals surface area contributed by atoms with Gasteiger partial charge in [0.25, 0.3) is 0 Å². The van der Waals surface area contributed by atoms with Crippen LogP contribution in [0.15, 0.2) is 58.4 Å². The predicted molar refractivity (Wildman–Crippen MR) is 104 cm³/mol. The summed E-state index contributed by atoms with van der Waals surface area (Å²) in [5.41, 5.74) is 2.19. The van der Waals surface area contributed by atoms with Crippen molar-refractivity contribution in [1.29, 1.82) is 0 Å². The van der Waals surface area contributed by atoms with Crippen molar-refractivity contribution in [3.63, 3.8) is 0 Å². The number of aryl methyl sites for hydroxylation is 1. The van der Waals surface area contributed by atoms with Gasteiger partial charge >= 0.3 is 0 Å². The molecule has 1 aliphatic rings. The Morgan fingerprint density at radius 2 is 1.87 bits per heavy atom. The molecule has 1 fully saturated rings. The average molecular weight is 426 g/mol. The van der Waals surface area contributed by atoms with Gasteiger partial charge in [0.2, 0.25) is 10.0 Å². The molecule has 30 heavy (non-hydrogen) atoms. The minimum Gasteiger partial charge on any atom is -0.449 e. The number of sulfonamides is 1. The third-order valence-electron chi connectivity index (χ3n) is 4.94. The van der Waals surface area contributed by atoms with Crippen LogP contribution in [0.4, 0.5) is 0 Å². The lowest BCUT2D eigenvalue weighted by Crippen LogP contribution is -2.50. The van der Waals surface area contributed by atoms with Crippen molar-refractivity contribution in [2.75, 3.05) is 13.1 Å². The molecule has 1 aliphatic heterocycles. The largest absolute Gasteiger partial charge is 0.449 e. The normalized spacial score (nSPS) is 15.4. The first-order chi connectivity index (χ1) is 14.5.